The van der Waals surface area contributed by atoms with E-state index >= 15 is 0 Å². The second-order valence-corrected chi connectivity index (χ2v) is 5.98. The number of nitrogens with two attached hydrogens (primary N) is 1. The fraction of sp³-hybridized carbons (Fsp3) is 0.312. The van der Waals surface area contributed by atoms with Crippen LogP contribution in [0, 0.1) is 0 Å². The maximum Gasteiger partial charge on any atom is 0.129 e. The molecule has 2 N–H and O–H groups in total. The molecule has 0 aliphatic carbocycles. The average molecular weight is 321 g/mol. The van der Waals surface area contributed by atoms with E-state index in [1.54, 1.807) is 11.3 Å². The van der Waals surface area contributed by atoms with E-state index in [9.17, 15) is 0 Å². The number of para-hydroxylation sites is 1. The lowest BCUT2D eigenvalue weighted by atomic mass is 10.2. The molecule has 5 heteroatoms. The zero-order valence-electron chi connectivity index (χ0n) is 11.8. The van der Waals surface area contributed by atoms with Crippen molar-refractivity contribution in [3.63, 3.8) is 0 Å². The number of hydrogen-bond acceptors (Lipinski definition) is 4. The van der Waals surface area contributed by atoms with Crippen LogP contribution in [0.4, 0.5) is 0 Å². The standard InChI is InChI=1S/C16H19NO2S2/c17-16(20)14-6-1-2-7-15(14)19-10-4-9-18-11-8-13-5-3-12-21-13/h1-3,5-7,12H,4,8-11H2,(H2,17,20). The molecule has 1 aromatic heterocycles. The first kappa shape index (κ1) is 15.9. The summed E-state index contributed by atoms with van der Waals surface area (Å²) in [5.74, 6) is 0.739. The minimum Gasteiger partial charge on any atom is -0.493 e. The Bertz CT molecular complexity index is 555. The molecule has 0 saturated heterocycles. The van der Waals surface area contributed by atoms with Crippen LogP contribution in [0.3, 0.4) is 0 Å². The molecule has 0 aliphatic rings. The number of ether oxygens (including phenoxy) is 2. The Morgan fingerprint density at radius 1 is 1.10 bits per heavy atom. The van der Waals surface area contributed by atoms with Gasteiger partial charge in [-0.25, -0.2) is 0 Å². The van der Waals surface area contributed by atoms with E-state index in [-0.39, 0.29) is 0 Å². The van der Waals surface area contributed by atoms with Gasteiger partial charge in [-0.2, -0.15) is 0 Å². The van der Waals surface area contributed by atoms with Crippen LogP contribution in [0.25, 0.3) is 0 Å². The molecule has 2 rings (SSSR count). The molecule has 0 unspecified atom stereocenters. The fourth-order valence-electron chi connectivity index (χ4n) is 1.87. The van der Waals surface area contributed by atoms with Crippen molar-refractivity contribution in [2.24, 2.45) is 5.73 Å². The van der Waals surface area contributed by atoms with E-state index in [1.807, 2.05) is 24.3 Å². The summed E-state index contributed by atoms with van der Waals surface area (Å²) in [7, 11) is 0. The topological polar surface area (TPSA) is 44.5 Å². The molecule has 0 radical (unpaired) electrons. The summed E-state index contributed by atoms with van der Waals surface area (Å²) in [6.07, 6.45) is 1.82. The molecule has 1 heterocycles. The van der Waals surface area contributed by atoms with Gasteiger partial charge >= 0.3 is 0 Å². The highest BCUT2D eigenvalue weighted by Crippen LogP contribution is 2.17. The predicted octanol–water partition coefficient (Wildman–Crippen LogP) is 3.41. The van der Waals surface area contributed by atoms with E-state index in [0.29, 0.717) is 18.2 Å². The summed E-state index contributed by atoms with van der Waals surface area (Å²) >= 11 is 6.76. The maximum absolute atomic E-state index is 5.71. The van der Waals surface area contributed by atoms with Crippen molar-refractivity contribution in [1.82, 2.24) is 0 Å². The SMILES string of the molecule is NC(=S)c1ccccc1OCCCOCCc1cccs1. The van der Waals surface area contributed by atoms with E-state index in [2.05, 4.69) is 17.5 Å². The van der Waals surface area contributed by atoms with Crippen molar-refractivity contribution in [2.75, 3.05) is 19.8 Å². The second-order valence-electron chi connectivity index (χ2n) is 4.50. The monoisotopic (exact) mass is 321 g/mol. The molecule has 2 aromatic rings. The predicted molar refractivity (Wildman–Crippen MR) is 91.3 cm³/mol. The lowest BCUT2D eigenvalue weighted by Crippen LogP contribution is -2.12. The largest absolute Gasteiger partial charge is 0.493 e. The summed E-state index contributed by atoms with van der Waals surface area (Å²) in [5.41, 5.74) is 6.44. The minimum absolute atomic E-state index is 0.359. The van der Waals surface area contributed by atoms with Gasteiger partial charge in [-0.3, -0.25) is 0 Å². The summed E-state index contributed by atoms with van der Waals surface area (Å²) in [4.78, 5) is 1.72. The van der Waals surface area contributed by atoms with Crippen LogP contribution in [-0.4, -0.2) is 24.8 Å². The molecule has 21 heavy (non-hydrogen) atoms. The minimum atomic E-state index is 0.359. The van der Waals surface area contributed by atoms with Crippen molar-refractivity contribution in [2.45, 2.75) is 12.8 Å². The molecule has 3 nitrogen and oxygen atoms in total. The zero-order valence-corrected chi connectivity index (χ0v) is 13.4. The number of benzene rings is 1. The number of hydrogen-bond donors (Lipinski definition) is 1. The van der Waals surface area contributed by atoms with Crippen LogP contribution in [-0.2, 0) is 11.2 Å². The molecule has 0 aliphatic heterocycles. The highest BCUT2D eigenvalue weighted by molar-refractivity contribution is 7.80. The highest BCUT2D eigenvalue weighted by Gasteiger charge is 2.04. The van der Waals surface area contributed by atoms with Crippen LogP contribution >= 0.6 is 23.6 Å². The second kappa shape index (κ2) is 8.77. The Balaban J connectivity index is 1.60. The Morgan fingerprint density at radius 3 is 2.71 bits per heavy atom. The first-order valence-corrected chi connectivity index (χ1v) is 8.18. The molecule has 0 atom stereocenters. The van der Waals surface area contributed by atoms with Crippen molar-refractivity contribution in [1.29, 1.82) is 0 Å². The van der Waals surface area contributed by atoms with Crippen LogP contribution < -0.4 is 10.5 Å². The van der Waals surface area contributed by atoms with Gasteiger partial charge in [-0.1, -0.05) is 30.4 Å². The van der Waals surface area contributed by atoms with Crippen LogP contribution in [0.5, 0.6) is 5.75 Å². The molecule has 0 bridgehead atoms. The summed E-state index contributed by atoms with van der Waals surface area (Å²) < 4.78 is 11.3. The molecule has 1 aromatic carbocycles. The summed E-state index contributed by atoms with van der Waals surface area (Å²) in [6, 6.07) is 11.8. The van der Waals surface area contributed by atoms with Gasteiger partial charge in [0.1, 0.15) is 10.7 Å². The first-order chi connectivity index (χ1) is 10.3. The Hall–Kier alpha value is -1.43. The molecular formula is C16H19NO2S2. The van der Waals surface area contributed by atoms with E-state index in [1.165, 1.54) is 4.88 Å². The average Bonchev–Trinajstić information content (AvgIpc) is 3.00. The van der Waals surface area contributed by atoms with Crippen molar-refractivity contribution in [3.05, 3.63) is 52.2 Å². The normalized spacial score (nSPS) is 10.5. The van der Waals surface area contributed by atoms with Gasteiger partial charge in [0.15, 0.2) is 0 Å². The molecule has 0 saturated carbocycles. The van der Waals surface area contributed by atoms with Gasteiger partial charge in [0.2, 0.25) is 0 Å². The Morgan fingerprint density at radius 2 is 1.95 bits per heavy atom. The van der Waals surface area contributed by atoms with Crippen LogP contribution in [0.1, 0.15) is 16.9 Å². The van der Waals surface area contributed by atoms with Crippen LogP contribution in [0.15, 0.2) is 41.8 Å². The number of thiocarbonyl (C=S) groups is 1. The van der Waals surface area contributed by atoms with Gasteiger partial charge in [0.05, 0.1) is 18.8 Å². The smallest absolute Gasteiger partial charge is 0.129 e. The fourth-order valence-corrected chi connectivity index (χ4v) is 2.73. The van der Waals surface area contributed by atoms with E-state index < -0.39 is 0 Å². The molecule has 0 fully saturated rings. The summed E-state index contributed by atoms with van der Waals surface area (Å²) in [5, 5.41) is 2.09. The van der Waals surface area contributed by atoms with Crippen LogP contribution in [0.2, 0.25) is 0 Å². The number of thiophene rings is 1. The van der Waals surface area contributed by atoms with Gasteiger partial charge < -0.3 is 15.2 Å². The van der Waals surface area contributed by atoms with Gasteiger partial charge in [-0.05, 0) is 23.6 Å². The third-order valence-corrected chi connectivity index (χ3v) is 4.07. The quantitative estimate of drug-likeness (QED) is 0.568. The van der Waals surface area contributed by atoms with Gasteiger partial charge in [0.25, 0.3) is 0 Å². The van der Waals surface area contributed by atoms with E-state index in [0.717, 1.165) is 30.8 Å². The van der Waals surface area contributed by atoms with Gasteiger partial charge in [0, 0.05) is 24.3 Å². The first-order valence-electron chi connectivity index (χ1n) is 6.89. The Labute approximate surface area is 134 Å². The van der Waals surface area contributed by atoms with Crippen molar-refractivity contribution in [3.8, 4) is 5.75 Å². The Kier molecular flexibility index (Phi) is 6.66. The van der Waals surface area contributed by atoms with Gasteiger partial charge in [-0.15, -0.1) is 11.3 Å². The zero-order chi connectivity index (χ0) is 14.9. The van der Waals surface area contributed by atoms with Crippen molar-refractivity contribution >= 4 is 28.5 Å². The molecule has 0 spiro atoms. The molecule has 112 valence electrons. The molecule has 0 amide bonds. The highest BCUT2D eigenvalue weighted by atomic mass is 32.1. The number of rotatable bonds is 9. The van der Waals surface area contributed by atoms with Crippen molar-refractivity contribution < 1.29 is 9.47 Å². The lowest BCUT2D eigenvalue weighted by Gasteiger charge is -2.10. The third kappa shape index (κ3) is 5.46. The summed E-state index contributed by atoms with van der Waals surface area (Å²) in [6.45, 7) is 2.04. The third-order valence-electron chi connectivity index (χ3n) is 2.92. The maximum atomic E-state index is 5.71. The molecular weight excluding hydrogens is 302 g/mol. The van der Waals surface area contributed by atoms with E-state index in [4.69, 9.17) is 27.4 Å². The lowest BCUT2D eigenvalue weighted by molar-refractivity contribution is 0.122.